The molecule has 2 fully saturated rings. The topological polar surface area (TPSA) is 33.1 Å². The number of hydrogen-bond donors (Lipinski definition) is 1. The van der Waals surface area contributed by atoms with Crippen LogP contribution < -0.4 is 5.32 Å². The Morgan fingerprint density at radius 2 is 2.10 bits per heavy atom. The van der Waals surface area contributed by atoms with Crippen LogP contribution in [0.25, 0.3) is 0 Å². The highest BCUT2D eigenvalue weighted by molar-refractivity contribution is 5.01. The van der Waals surface area contributed by atoms with Crippen LogP contribution in [0, 0.1) is 5.92 Å². The Morgan fingerprint density at radius 1 is 1.29 bits per heavy atom. The summed E-state index contributed by atoms with van der Waals surface area (Å²) in [5.74, 6) is 0.701. The van der Waals surface area contributed by atoms with Gasteiger partial charge in [-0.15, -0.1) is 0 Å². The minimum Gasteiger partial charge on any atom is -0.311 e. The zero-order valence-corrected chi connectivity index (χ0v) is 13.6. The van der Waals surface area contributed by atoms with Gasteiger partial charge in [0.2, 0.25) is 0 Å². The molecular formula is C17H30N4. The molecule has 1 saturated carbocycles. The molecule has 4 heteroatoms. The average molecular weight is 290 g/mol. The molecule has 0 amide bonds. The molecule has 2 heterocycles. The largest absolute Gasteiger partial charge is 0.311 e. The number of aromatic nitrogens is 2. The first-order chi connectivity index (χ1) is 10.2. The first-order valence-corrected chi connectivity index (χ1v) is 8.72. The number of hydrogen-bond acceptors (Lipinski definition) is 3. The van der Waals surface area contributed by atoms with Crippen molar-refractivity contribution in [1.82, 2.24) is 20.0 Å². The number of nitrogens with zero attached hydrogens (tertiary/aromatic N) is 3. The molecule has 0 aromatic carbocycles. The standard InChI is InChI=1S/C17H30N4/c1-14(2)17-13-20(11-9-18-17)12-15-8-10-21(19-15)16-6-4-3-5-7-16/h8,10,14,16-18H,3-7,9,11-13H2,1-2H3. The maximum absolute atomic E-state index is 4.85. The maximum atomic E-state index is 4.85. The molecule has 0 bridgehead atoms. The van der Waals surface area contributed by atoms with Crippen LogP contribution in [-0.4, -0.2) is 40.4 Å². The van der Waals surface area contributed by atoms with Crippen molar-refractivity contribution in [3.63, 3.8) is 0 Å². The summed E-state index contributed by atoms with van der Waals surface area (Å²) in [6.07, 6.45) is 8.96. The van der Waals surface area contributed by atoms with Crippen LogP contribution in [0.1, 0.15) is 57.7 Å². The summed E-state index contributed by atoms with van der Waals surface area (Å²) in [7, 11) is 0. The minimum absolute atomic E-state index is 0.624. The fourth-order valence-electron chi connectivity index (χ4n) is 3.67. The predicted octanol–water partition coefficient (Wildman–Crippen LogP) is 2.82. The molecule has 2 aliphatic rings. The summed E-state index contributed by atoms with van der Waals surface area (Å²) in [5.41, 5.74) is 1.24. The molecule has 1 atom stereocenters. The summed E-state index contributed by atoms with van der Waals surface area (Å²) in [6, 6.07) is 3.50. The summed E-state index contributed by atoms with van der Waals surface area (Å²) in [4.78, 5) is 2.55. The molecule has 1 aliphatic carbocycles. The van der Waals surface area contributed by atoms with E-state index in [1.54, 1.807) is 0 Å². The van der Waals surface area contributed by atoms with Crippen LogP contribution in [-0.2, 0) is 6.54 Å². The third kappa shape index (κ3) is 3.86. The molecule has 0 radical (unpaired) electrons. The van der Waals surface area contributed by atoms with Crippen LogP contribution >= 0.6 is 0 Å². The van der Waals surface area contributed by atoms with Gasteiger partial charge in [-0.1, -0.05) is 33.1 Å². The molecule has 3 rings (SSSR count). The smallest absolute Gasteiger partial charge is 0.0764 e. The Balaban J connectivity index is 1.56. The lowest BCUT2D eigenvalue weighted by Gasteiger charge is -2.35. The zero-order chi connectivity index (χ0) is 14.7. The van der Waals surface area contributed by atoms with Gasteiger partial charge in [0.1, 0.15) is 0 Å². The van der Waals surface area contributed by atoms with Crippen molar-refractivity contribution < 1.29 is 0 Å². The van der Waals surface area contributed by atoms with E-state index < -0.39 is 0 Å². The third-order valence-corrected chi connectivity index (χ3v) is 5.09. The van der Waals surface area contributed by atoms with Gasteiger partial charge in [0.05, 0.1) is 11.7 Å². The molecule has 0 spiro atoms. The highest BCUT2D eigenvalue weighted by atomic mass is 15.3. The monoisotopic (exact) mass is 290 g/mol. The van der Waals surface area contributed by atoms with Gasteiger partial charge in [0, 0.05) is 38.4 Å². The van der Waals surface area contributed by atoms with Gasteiger partial charge in [-0.2, -0.15) is 5.10 Å². The molecular weight excluding hydrogens is 260 g/mol. The Morgan fingerprint density at radius 3 is 2.86 bits per heavy atom. The van der Waals surface area contributed by atoms with Gasteiger partial charge >= 0.3 is 0 Å². The summed E-state index contributed by atoms with van der Waals surface area (Å²) < 4.78 is 2.23. The van der Waals surface area contributed by atoms with Crippen molar-refractivity contribution in [3.05, 3.63) is 18.0 Å². The number of nitrogens with one attached hydrogen (secondary N) is 1. The lowest BCUT2D eigenvalue weighted by molar-refractivity contribution is 0.166. The highest BCUT2D eigenvalue weighted by Crippen LogP contribution is 2.27. The second kappa shape index (κ2) is 6.93. The van der Waals surface area contributed by atoms with Gasteiger partial charge in [-0.3, -0.25) is 9.58 Å². The Bertz CT molecular complexity index is 434. The van der Waals surface area contributed by atoms with Gasteiger partial charge in [-0.25, -0.2) is 0 Å². The van der Waals surface area contributed by atoms with Crippen molar-refractivity contribution in [3.8, 4) is 0 Å². The van der Waals surface area contributed by atoms with Crippen LogP contribution in [0.2, 0.25) is 0 Å². The van der Waals surface area contributed by atoms with Crippen LogP contribution in [0.15, 0.2) is 12.3 Å². The highest BCUT2D eigenvalue weighted by Gasteiger charge is 2.22. The Hall–Kier alpha value is -0.870. The van der Waals surface area contributed by atoms with Crippen molar-refractivity contribution >= 4 is 0 Å². The van der Waals surface area contributed by atoms with Crippen LogP contribution in [0.3, 0.4) is 0 Å². The van der Waals surface area contributed by atoms with E-state index in [1.165, 1.54) is 37.8 Å². The Labute approximate surface area is 128 Å². The molecule has 1 N–H and O–H groups in total. The molecule has 21 heavy (non-hydrogen) atoms. The molecule has 1 aliphatic heterocycles. The van der Waals surface area contributed by atoms with E-state index in [-0.39, 0.29) is 0 Å². The second-order valence-electron chi connectivity index (χ2n) is 7.12. The SMILES string of the molecule is CC(C)C1CN(Cc2ccn(C3CCCCC3)n2)CCN1. The molecule has 1 aromatic heterocycles. The van der Waals surface area contributed by atoms with Gasteiger partial charge in [-0.05, 0) is 24.8 Å². The van der Waals surface area contributed by atoms with Crippen molar-refractivity contribution in [1.29, 1.82) is 0 Å². The molecule has 4 nitrogen and oxygen atoms in total. The lowest BCUT2D eigenvalue weighted by atomic mass is 9.96. The summed E-state index contributed by atoms with van der Waals surface area (Å²) in [5, 5.41) is 8.48. The van der Waals surface area contributed by atoms with E-state index in [2.05, 4.69) is 41.0 Å². The van der Waals surface area contributed by atoms with E-state index in [0.29, 0.717) is 18.0 Å². The number of rotatable bonds is 4. The van der Waals surface area contributed by atoms with Crippen LogP contribution in [0.5, 0.6) is 0 Å². The fourth-order valence-corrected chi connectivity index (χ4v) is 3.67. The van der Waals surface area contributed by atoms with Crippen molar-refractivity contribution in [2.45, 2.75) is 64.6 Å². The first-order valence-electron chi connectivity index (χ1n) is 8.72. The van der Waals surface area contributed by atoms with Gasteiger partial charge < -0.3 is 5.32 Å². The van der Waals surface area contributed by atoms with Crippen molar-refractivity contribution in [2.75, 3.05) is 19.6 Å². The van der Waals surface area contributed by atoms with Gasteiger partial charge in [0.25, 0.3) is 0 Å². The molecule has 1 saturated heterocycles. The first kappa shape index (κ1) is 15.0. The van der Waals surface area contributed by atoms with Gasteiger partial charge in [0.15, 0.2) is 0 Å². The van der Waals surface area contributed by atoms with E-state index >= 15 is 0 Å². The van der Waals surface area contributed by atoms with Crippen molar-refractivity contribution in [2.24, 2.45) is 5.92 Å². The molecule has 118 valence electrons. The lowest BCUT2D eigenvalue weighted by Crippen LogP contribution is -2.52. The van der Waals surface area contributed by atoms with E-state index in [0.717, 1.165) is 26.2 Å². The summed E-state index contributed by atoms with van der Waals surface area (Å²) >= 11 is 0. The molecule has 1 aromatic rings. The maximum Gasteiger partial charge on any atom is 0.0764 e. The predicted molar refractivity (Wildman–Crippen MR) is 86.3 cm³/mol. The van der Waals surface area contributed by atoms with Crippen LogP contribution in [0.4, 0.5) is 0 Å². The summed E-state index contributed by atoms with van der Waals surface area (Å²) in [6.45, 7) is 9.00. The third-order valence-electron chi connectivity index (χ3n) is 5.09. The molecule has 1 unspecified atom stereocenters. The zero-order valence-electron chi connectivity index (χ0n) is 13.6. The average Bonchev–Trinajstić information content (AvgIpc) is 2.97. The minimum atomic E-state index is 0.624. The van der Waals surface area contributed by atoms with E-state index in [1.807, 2.05) is 0 Å². The Kier molecular flexibility index (Phi) is 4.96. The van der Waals surface area contributed by atoms with E-state index in [9.17, 15) is 0 Å². The number of piperazine rings is 1. The second-order valence-corrected chi connectivity index (χ2v) is 7.12. The fraction of sp³-hybridized carbons (Fsp3) is 0.824. The normalized spacial score (nSPS) is 25.6. The quantitative estimate of drug-likeness (QED) is 0.925. The van der Waals surface area contributed by atoms with E-state index in [4.69, 9.17) is 5.10 Å².